The van der Waals surface area contributed by atoms with Crippen molar-refractivity contribution in [1.82, 2.24) is 4.90 Å². The van der Waals surface area contributed by atoms with E-state index in [9.17, 15) is 0 Å². The Bertz CT molecular complexity index is 327. The highest BCUT2D eigenvalue weighted by molar-refractivity contribution is 9.10. The summed E-state index contributed by atoms with van der Waals surface area (Å²) in [5, 5.41) is 0. The zero-order chi connectivity index (χ0) is 12.1. The topological polar surface area (TPSA) is 29.3 Å². The number of rotatable bonds is 5. The summed E-state index contributed by atoms with van der Waals surface area (Å²) >= 11 is 3.49. The molecule has 0 radical (unpaired) electrons. The van der Waals surface area contributed by atoms with Crippen LogP contribution in [0.5, 0.6) is 0 Å². The molecule has 2 nitrogen and oxygen atoms in total. The monoisotopic (exact) mass is 284 g/mol. The van der Waals surface area contributed by atoms with E-state index in [0.717, 1.165) is 17.6 Å². The van der Waals surface area contributed by atoms with E-state index in [0.29, 0.717) is 12.0 Å². The molecule has 0 aliphatic rings. The minimum atomic E-state index is 0.504. The summed E-state index contributed by atoms with van der Waals surface area (Å²) in [5.74, 6) is 0.525. The van der Waals surface area contributed by atoms with Gasteiger partial charge in [0.15, 0.2) is 0 Å². The molecule has 3 heteroatoms. The average molecular weight is 285 g/mol. The van der Waals surface area contributed by atoms with Crippen molar-refractivity contribution in [3.63, 3.8) is 0 Å². The van der Waals surface area contributed by atoms with E-state index in [1.807, 2.05) is 0 Å². The lowest BCUT2D eigenvalue weighted by Gasteiger charge is -2.29. The fraction of sp³-hybridized carbons (Fsp3) is 0.538. The van der Waals surface area contributed by atoms with E-state index >= 15 is 0 Å². The normalized spacial score (nSPS) is 15.1. The summed E-state index contributed by atoms with van der Waals surface area (Å²) in [6.07, 6.45) is 0. The second-order valence-electron chi connectivity index (χ2n) is 4.50. The van der Waals surface area contributed by atoms with Gasteiger partial charge in [-0.05, 0) is 44.1 Å². The maximum Gasteiger partial charge on any atom is 0.0234 e. The number of hydrogen-bond donors (Lipinski definition) is 1. The second kappa shape index (κ2) is 6.38. The molecule has 2 unspecified atom stereocenters. The van der Waals surface area contributed by atoms with Crippen LogP contribution in [0, 0.1) is 5.92 Å². The van der Waals surface area contributed by atoms with E-state index in [1.54, 1.807) is 0 Å². The Balaban J connectivity index is 2.60. The maximum atomic E-state index is 5.69. The standard InChI is InChI=1S/C13H21BrN2/c1-10(8-15)11(2)16(3)9-12-5-4-6-13(14)7-12/h4-7,10-11H,8-9,15H2,1-3H3. The smallest absolute Gasteiger partial charge is 0.0234 e. The van der Waals surface area contributed by atoms with E-state index < -0.39 is 0 Å². The van der Waals surface area contributed by atoms with Gasteiger partial charge in [0.1, 0.15) is 0 Å². The average Bonchev–Trinajstić information content (AvgIpc) is 2.27. The fourth-order valence-electron chi connectivity index (χ4n) is 1.70. The van der Waals surface area contributed by atoms with Crippen molar-refractivity contribution in [2.45, 2.75) is 26.4 Å². The van der Waals surface area contributed by atoms with Gasteiger partial charge in [0.25, 0.3) is 0 Å². The molecule has 0 fully saturated rings. The molecule has 1 aromatic carbocycles. The summed E-state index contributed by atoms with van der Waals surface area (Å²) in [7, 11) is 2.15. The predicted octanol–water partition coefficient (Wildman–Crippen LogP) is 2.86. The molecule has 0 bridgehead atoms. The summed E-state index contributed by atoms with van der Waals surface area (Å²) in [6, 6.07) is 8.95. The third-order valence-electron chi connectivity index (χ3n) is 3.21. The molecule has 0 aromatic heterocycles. The van der Waals surface area contributed by atoms with E-state index in [4.69, 9.17) is 5.73 Å². The largest absolute Gasteiger partial charge is 0.330 e. The Labute approximate surface area is 107 Å². The van der Waals surface area contributed by atoms with Gasteiger partial charge in [-0.2, -0.15) is 0 Å². The molecule has 0 spiro atoms. The molecule has 0 saturated carbocycles. The van der Waals surface area contributed by atoms with Crippen molar-refractivity contribution in [2.75, 3.05) is 13.6 Å². The van der Waals surface area contributed by atoms with Crippen molar-refractivity contribution in [1.29, 1.82) is 0 Å². The van der Waals surface area contributed by atoms with Crippen molar-refractivity contribution >= 4 is 15.9 Å². The zero-order valence-corrected chi connectivity index (χ0v) is 11.9. The molecule has 0 aliphatic carbocycles. The lowest BCUT2D eigenvalue weighted by atomic mass is 10.0. The fourth-order valence-corrected chi connectivity index (χ4v) is 2.15. The number of nitrogens with zero attached hydrogens (tertiary/aromatic N) is 1. The van der Waals surface area contributed by atoms with Crippen LogP contribution < -0.4 is 5.73 Å². The first-order chi connectivity index (χ1) is 7.54. The highest BCUT2D eigenvalue weighted by atomic mass is 79.9. The van der Waals surface area contributed by atoms with Gasteiger partial charge in [-0.25, -0.2) is 0 Å². The van der Waals surface area contributed by atoms with Gasteiger partial charge in [-0.15, -0.1) is 0 Å². The molecular weight excluding hydrogens is 264 g/mol. The van der Waals surface area contributed by atoms with E-state index in [-0.39, 0.29) is 0 Å². The van der Waals surface area contributed by atoms with Crippen LogP contribution >= 0.6 is 15.9 Å². The van der Waals surface area contributed by atoms with Gasteiger partial charge in [-0.3, -0.25) is 4.90 Å². The Kier molecular flexibility index (Phi) is 5.46. The van der Waals surface area contributed by atoms with Crippen LogP contribution in [-0.4, -0.2) is 24.5 Å². The van der Waals surface area contributed by atoms with Crippen LogP contribution in [-0.2, 0) is 6.54 Å². The number of nitrogens with two attached hydrogens (primary N) is 1. The lowest BCUT2D eigenvalue weighted by molar-refractivity contribution is 0.194. The third-order valence-corrected chi connectivity index (χ3v) is 3.70. The van der Waals surface area contributed by atoms with Crippen LogP contribution in [0.15, 0.2) is 28.7 Å². The Hall–Kier alpha value is -0.380. The number of benzene rings is 1. The molecule has 0 aliphatic heterocycles. The lowest BCUT2D eigenvalue weighted by Crippen LogP contribution is -2.37. The van der Waals surface area contributed by atoms with Crippen molar-refractivity contribution < 1.29 is 0 Å². The molecule has 0 heterocycles. The maximum absolute atomic E-state index is 5.69. The van der Waals surface area contributed by atoms with Gasteiger partial charge in [0, 0.05) is 17.1 Å². The Morgan fingerprint density at radius 2 is 2.06 bits per heavy atom. The summed E-state index contributed by atoms with van der Waals surface area (Å²) in [4.78, 5) is 2.35. The molecule has 16 heavy (non-hydrogen) atoms. The SMILES string of the molecule is CC(CN)C(C)N(C)Cc1cccc(Br)c1. The first-order valence-electron chi connectivity index (χ1n) is 5.69. The number of hydrogen-bond acceptors (Lipinski definition) is 2. The molecule has 90 valence electrons. The summed E-state index contributed by atoms with van der Waals surface area (Å²) < 4.78 is 1.14. The van der Waals surface area contributed by atoms with Gasteiger partial charge in [0.2, 0.25) is 0 Å². The summed E-state index contributed by atoms with van der Waals surface area (Å²) in [6.45, 7) is 6.13. The molecule has 0 amide bonds. The van der Waals surface area contributed by atoms with Gasteiger partial charge in [-0.1, -0.05) is 35.0 Å². The molecule has 1 aromatic rings. The Morgan fingerprint density at radius 3 is 2.62 bits per heavy atom. The van der Waals surface area contributed by atoms with Crippen LogP contribution in [0.1, 0.15) is 19.4 Å². The van der Waals surface area contributed by atoms with E-state index in [1.165, 1.54) is 5.56 Å². The van der Waals surface area contributed by atoms with Gasteiger partial charge < -0.3 is 5.73 Å². The summed E-state index contributed by atoms with van der Waals surface area (Å²) in [5.41, 5.74) is 7.02. The van der Waals surface area contributed by atoms with Crippen molar-refractivity contribution in [3.05, 3.63) is 34.3 Å². The zero-order valence-electron chi connectivity index (χ0n) is 10.3. The van der Waals surface area contributed by atoms with Crippen LogP contribution in [0.4, 0.5) is 0 Å². The highest BCUT2D eigenvalue weighted by Crippen LogP contribution is 2.15. The minimum Gasteiger partial charge on any atom is -0.330 e. The second-order valence-corrected chi connectivity index (χ2v) is 5.41. The van der Waals surface area contributed by atoms with Crippen LogP contribution in [0.3, 0.4) is 0 Å². The Morgan fingerprint density at radius 1 is 1.38 bits per heavy atom. The van der Waals surface area contributed by atoms with E-state index in [2.05, 4.69) is 66.0 Å². The molecule has 0 saturated heterocycles. The van der Waals surface area contributed by atoms with Crippen molar-refractivity contribution in [3.8, 4) is 0 Å². The number of halogens is 1. The van der Waals surface area contributed by atoms with Crippen molar-refractivity contribution in [2.24, 2.45) is 11.7 Å². The van der Waals surface area contributed by atoms with Crippen LogP contribution in [0.25, 0.3) is 0 Å². The molecule has 1 rings (SSSR count). The minimum absolute atomic E-state index is 0.504. The molecule has 2 atom stereocenters. The quantitative estimate of drug-likeness (QED) is 0.901. The molecular formula is C13H21BrN2. The van der Waals surface area contributed by atoms with Gasteiger partial charge in [0.05, 0.1) is 0 Å². The predicted molar refractivity (Wildman–Crippen MR) is 73.3 cm³/mol. The van der Waals surface area contributed by atoms with Gasteiger partial charge >= 0.3 is 0 Å². The first kappa shape index (κ1) is 13.7. The highest BCUT2D eigenvalue weighted by Gasteiger charge is 2.15. The first-order valence-corrected chi connectivity index (χ1v) is 6.48. The van der Waals surface area contributed by atoms with Crippen LogP contribution in [0.2, 0.25) is 0 Å². The molecule has 2 N–H and O–H groups in total. The third kappa shape index (κ3) is 3.89.